The number of benzene rings is 1. The number of carbonyl (C=O) groups is 2. The number of hydrogen-bond acceptors (Lipinski definition) is 4. The number of pyridine rings is 1. The van der Waals surface area contributed by atoms with Crippen LogP contribution in [-0.4, -0.2) is 46.0 Å². The quantitative estimate of drug-likeness (QED) is 0.785. The maximum Gasteiger partial charge on any atom is 0.267 e. The van der Waals surface area contributed by atoms with Gasteiger partial charge >= 0.3 is 0 Å². The van der Waals surface area contributed by atoms with Crippen LogP contribution in [0.3, 0.4) is 0 Å². The fourth-order valence-corrected chi connectivity index (χ4v) is 2.67. The summed E-state index contributed by atoms with van der Waals surface area (Å²) in [7, 11) is 1.60. The van der Waals surface area contributed by atoms with Crippen LogP contribution in [0, 0.1) is 17.7 Å². The van der Waals surface area contributed by atoms with E-state index in [9.17, 15) is 19.1 Å². The number of nitrogens with zero attached hydrogens (tertiary/aromatic N) is 2. The van der Waals surface area contributed by atoms with Crippen LogP contribution in [0.25, 0.3) is 11.3 Å². The molecule has 2 heterocycles. The first-order valence-electron chi connectivity index (χ1n) is 7.88. The van der Waals surface area contributed by atoms with Crippen LogP contribution in [0.2, 0.25) is 0 Å². The summed E-state index contributed by atoms with van der Waals surface area (Å²) in [5.74, 6) is 3.56. The Labute approximate surface area is 149 Å². The lowest BCUT2D eigenvalue weighted by Crippen LogP contribution is -2.37. The molecule has 1 fully saturated rings. The lowest BCUT2D eigenvalue weighted by molar-refractivity contribution is -0.137. The zero-order valence-electron chi connectivity index (χ0n) is 14.0. The zero-order valence-corrected chi connectivity index (χ0v) is 14.0. The smallest absolute Gasteiger partial charge is 0.267 e. The third-order valence-electron chi connectivity index (χ3n) is 4.16. The fourth-order valence-electron chi connectivity index (χ4n) is 2.67. The second-order valence-corrected chi connectivity index (χ2v) is 6.06. The summed E-state index contributed by atoms with van der Waals surface area (Å²) in [5.41, 5.74) is 4.28. The van der Waals surface area contributed by atoms with Crippen molar-refractivity contribution in [3.05, 3.63) is 53.5 Å². The van der Waals surface area contributed by atoms with Crippen molar-refractivity contribution in [2.45, 2.75) is 12.0 Å². The molecule has 1 aromatic heterocycles. The monoisotopic (exact) mass is 353 g/mol. The first kappa shape index (κ1) is 17.6. The summed E-state index contributed by atoms with van der Waals surface area (Å²) >= 11 is 0. The van der Waals surface area contributed by atoms with Crippen molar-refractivity contribution in [2.24, 2.45) is 5.73 Å². The molecule has 0 spiro atoms. The topological polar surface area (TPSA) is 96.5 Å². The summed E-state index contributed by atoms with van der Waals surface area (Å²) in [5, 5.41) is 10.3. The van der Waals surface area contributed by atoms with Gasteiger partial charge in [0.1, 0.15) is 17.2 Å². The van der Waals surface area contributed by atoms with Gasteiger partial charge in [-0.15, -0.1) is 0 Å². The van der Waals surface area contributed by atoms with Crippen LogP contribution < -0.4 is 5.73 Å². The van der Waals surface area contributed by atoms with Crippen molar-refractivity contribution < 1.29 is 19.1 Å². The SMILES string of the molecule is CN1CC[C@@](O)(C#Cc2cccc(-c3nc(C(N)=O)ccc3F)c2)C1=O. The number of rotatable bonds is 2. The number of primary amides is 1. The predicted molar refractivity (Wildman–Crippen MR) is 92.2 cm³/mol. The molecule has 0 unspecified atom stereocenters. The van der Waals surface area contributed by atoms with E-state index in [0.717, 1.165) is 6.07 Å². The Morgan fingerprint density at radius 3 is 2.81 bits per heavy atom. The van der Waals surface area contributed by atoms with Gasteiger partial charge in [0.05, 0.1) is 0 Å². The highest BCUT2D eigenvalue weighted by molar-refractivity contribution is 5.91. The van der Waals surface area contributed by atoms with Crippen LogP contribution >= 0.6 is 0 Å². The molecule has 2 aromatic rings. The highest BCUT2D eigenvalue weighted by Gasteiger charge is 2.42. The van der Waals surface area contributed by atoms with Crippen molar-refractivity contribution in [1.82, 2.24) is 9.88 Å². The van der Waals surface area contributed by atoms with E-state index in [2.05, 4.69) is 16.8 Å². The van der Waals surface area contributed by atoms with Crippen molar-refractivity contribution in [1.29, 1.82) is 0 Å². The number of hydrogen-bond donors (Lipinski definition) is 2. The van der Waals surface area contributed by atoms with Crippen molar-refractivity contribution >= 4 is 11.8 Å². The standard InChI is InChI=1S/C19H16FN3O3/c1-23-10-9-19(26,18(23)25)8-7-12-3-2-4-13(11-12)16-14(20)5-6-15(22-16)17(21)24/h2-6,11,26H,9-10H2,1H3,(H2,21,24)/t19-/m0/s1. The van der Waals surface area contributed by atoms with E-state index >= 15 is 0 Å². The van der Waals surface area contributed by atoms with Gasteiger partial charge in [-0.1, -0.05) is 24.0 Å². The Balaban J connectivity index is 1.96. The molecule has 0 saturated carbocycles. The molecular formula is C19H16FN3O3. The van der Waals surface area contributed by atoms with Gasteiger partial charge in [-0.3, -0.25) is 9.59 Å². The molecule has 0 radical (unpaired) electrons. The summed E-state index contributed by atoms with van der Waals surface area (Å²) in [4.78, 5) is 28.6. The van der Waals surface area contributed by atoms with Crippen LogP contribution in [0.15, 0.2) is 36.4 Å². The van der Waals surface area contributed by atoms with Gasteiger partial charge in [0.25, 0.3) is 11.8 Å². The highest BCUT2D eigenvalue weighted by atomic mass is 19.1. The molecule has 1 aromatic carbocycles. The Kier molecular flexibility index (Phi) is 4.45. The first-order valence-corrected chi connectivity index (χ1v) is 7.88. The number of amides is 2. The zero-order chi connectivity index (χ0) is 18.9. The Morgan fingerprint density at radius 2 is 2.15 bits per heavy atom. The molecule has 1 aliphatic heterocycles. The van der Waals surface area contributed by atoms with Gasteiger partial charge in [0.15, 0.2) is 0 Å². The minimum absolute atomic E-state index is 0.0275. The second kappa shape index (κ2) is 6.58. The van der Waals surface area contributed by atoms with Crippen molar-refractivity contribution in [3.63, 3.8) is 0 Å². The Hall–Kier alpha value is -3.24. The first-order chi connectivity index (χ1) is 12.3. The number of aliphatic hydroxyl groups is 1. The van der Waals surface area contributed by atoms with Crippen LogP contribution in [0.5, 0.6) is 0 Å². The minimum atomic E-state index is -1.71. The van der Waals surface area contributed by atoms with E-state index in [1.165, 1.54) is 11.0 Å². The van der Waals surface area contributed by atoms with Crippen LogP contribution in [0.1, 0.15) is 22.5 Å². The van der Waals surface area contributed by atoms with E-state index in [0.29, 0.717) is 17.7 Å². The Bertz CT molecular complexity index is 964. The normalized spacial score (nSPS) is 19.2. The molecule has 1 aliphatic rings. The number of aromatic nitrogens is 1. The summed E-state index contributed by atoms with van der Waals surface area (Å²) in [6, 6.07) is 8.82. The van der Waals surface area contributed by atoms with Crippen molar-refractivity contribution in [2.75, 3.05) is 13.6 Å². The lowest BCUT2D eigenvalue weighted by Gasteiger charge is -2.13. The maximum absolute atomic E-state index is 14.1. The number of likely N-dealkylation sites (tertiary alicyclic amines) is 1. The molecule has 0 bridgehead atoms. The Morgan fingerprint density at radius 1 is 1.38 bits per heavy atom. The second-order valence-electron chi connectivity index (χ2n) is 6.06. The number of likely N-dealkylation sites (N-methyl/N-ethyl adjacent to an activating group) is 1. The molecule has 6 nitrogen and oxygen atoms in total. The van der Waals surface area contributed by atoms with E-state index in [4.69, 9.17) is 5.73 Å². The number of nitrogens with two attached hydrogens (primary N) is 1. The molecule has 132 valence electrons. The summed E-state index contributed by atoms with van der Waals surface area (Å²) in [6.45, 7) is 0.430. The van der Waals surface area contributed by atoms with E-state index in [1.807, 2.05) is 0 Å². The molecule has 2 amide bonds. The summed E-state index contributed by atoms with van der Waals surface area (Å²) < 4.78 is 14.1. The minimum Gasteiger partial charge on any atom is -0.369 e. The number of carbonyl (C=O) groups excluding carboxylic acids is 2. The van der Waals surface area contributed by atoms with Crippen LogP contribution in [-0.2, 0) is 4.79 Å². The van der Waals surface area contributed by atoms with E-state index in [1.54, 1.807) is 31.3 Å². The molecular weight excluding hydrogens is 337 g/mol. The third-order valence-corrected chi connectivity index (χ3v) is 4.16. The van der Waals surface area contributed by atoms with Gasteiger partial charge in [-0.05, 0) is 24.3 Å². The average molecular weight is 353 g/mol. The molecule has 7 heteroatoms. The van der Waals surface area contributed by atoms with Crippen LogP contribution in [0.4, 0.5) is 4.39 Å². The van der Waals surface area contributed by atoms with Crippen molar-refractivity contribution in [3.8, 4) is 23.1 Å². The van der Waals surface area contributed by atoms with E-state index in [-0.39, 0.29) is 17.8 Å². The molecule has 0 aliphatic carbocycles. The highest BCUT2D eigenvalue weighted by Crippen LogP contribution is 2.23. The molecule has 1 atom stereocenters. The lowest BCUT2D eigenvalue weighted by atomic mass is 10.0. The predicted octanol–water partition coefficient (Wildman–Crippen LogP) is 0.931. The molecule has 26 heavy (non-hydrogen) atoms. The molecule has 3 rings (SSSR count). The number of halogens is 1. The largest absolute Gasteiger partial charge is 0.369 e. The van der Waals surface area contributed by atoms with E-state index < -0.39 is 23.2 Å². The summed E-state index contributed by atoms with van der Waals surface area (Å²) in [6.07, 6.45) is 0.228. The molecule has 3 N–H and O–H groups in total. The maximum atomic E-state index is 14.1. The average Bonchev–Trinajstić information content (AvgIpc) is 2.88. The van der Waals surface area contributed by atoms with Gasteiger partial charge in [-0.25, -0.2) is 9.37 Å². The van der Waals surface area contributed by atoms with Gasteiger partial charge in [0, 0.05) is 31.1 Å². The molecule has 1 saturated heterocycles. The third kappa shape index (κ3) is 3.27. The van der Waals surface area contributed by atoms with Gasteiger partial charge in [0.2, 0.25) is 5.60 Å². The fraction of sp³-hybridized carbons (Fsp3) is 0.211. The van der Waals surface area contributed by atoms with Gasteiger partial charge in [-0.2, -0.15) is 0 Å². The van der Waals surface area contributed by atoms with Gasteiger partial charge < -0.3 is 15.7 Å².